The second-order valence-electron chi connectivity index (χ2n) is 7.70. The summed E-state index contributed by atoms with van der Waals surface area (Å²) < 4.78 is 25.5. The summed E-state index contributed by atoms with van der Waals surface area (Å²) in [5.74, 6) is 0.174. The van der Waals surface area contributed by atoms with Crippen molar-refractivity contribution in [3.8, 4) is 0 Å². The lowest BCUT2D eigenvalue weighted by Crippen LogP contribution is -2.27. The van der Waals surface area contributed by atoms with Gasteiger partial charge in [0.25, 0.3) is 5.91 Å². The minimum atomic E-state index is -2.99. The molecule has 7 nitrogen and oxygen atoms in total. The topological polar surface area (TPSA) is 85.2 Å². The average molecular weight is 413 g/mol. The molecule has 0 N–H and O–H groups in total. The number of carbonyl (C=O) groups is 1. The maximum absolute atomic E-state index is 12.9. The monoisotopic (exact) mass is 412 g/mol. The smallest absolute Gasteiger partial charge is 0.272 e. The van der Waals surface area contributed by atoms with Gasteiger partial charge in [0.1, 0.15) is 5.69 Å². The number of carbonyl (C=O) groups excluding carboxylic acids is 1. The van der Waals surface area contributed by atoms with Gasteiger partial charge < -0.3 is 4.90 Å². The molecule has 1 amide bonds. The Hall–Kier alpha value is -2.74. The summed E-state index contributed by atoms with van der Waals surface area (Å²) in [5, 5.41) is 5.57. The van der Waals surface area contributed by atoms with Gasteiger partial charge in [-0.05, 0) is 32.4 Å². The Morgan fingerprint density at radius 2 is 1.97 bits per heavy atom. The zero-order valence-corrected chi connectivity index (χ0v) is 17.6. The molecule has 0 bridgehead atoms. The highest BCUT2D eigenvalue weighted by molar-refractivity contribution is 7.91. The summed E-state index contributed by atoms with van der Waals surface area (Å²) in [4.78, 5) is 19.0. The van der Waals surface area contributed by atoms with Gasteiger partial charge >= 0.3 is 0 Å². The molecule has 0 radical (unpaired) electrons. The number of nitrogens with zero attached hydrogens (tertiary/aromatic N) is 4. The zero-order valence-electron chi connectivity index (χ0n) is 16.8. The molecule has 4 rings (SSSR count). The lowest BCUT2D eigenvalue weighted by molar-refractivity contribution is 0.0779. The molecule has 152 valence electrons. The van der Waals surface area contributed by atoms with E-state index in [-0.39, 0.29) is 23.5 Å². The predicted octanol–water partition coefficient (Wildman–Crippen LogP) is 2.68. The first-order valence-corrected chi connectivity index (χ1v) is 11.4. The molecule has 1 atom stereocenters. The summed E-state index contributed by atoms with van der Waals surface area (Å²) in [6, 6.07) is 11.2. The maximum atomic E-state index is 12.9. The molecule has 0 unspecified atom stereocenters. The summed E-state index contributed by atoms with van der Waals surface area (Å²) in [6.07, 6.45) is 0.583. The quantitative estimate of drug-likeness (QED) is 0.658. The molecular weight excluding hydrogens is 388 g/mol. The van der Waals surface area contributed by atoms with E-state index in [1.165, 1.54) is 0 Å². The normalized spacial score (nSPS) is 18.2. The molecule has 3 heterocycles. The summed E-state index contributed by atoms with van der Waals surface area (Å²) in [6.45, 7) is 4.23. The fraction of sp³-hybridized carbons (Fsp3) is 0.381. The van der Waals surface area contributed by atoms with E-state index in [9.17, 15) is 13.2 Å². The Morgan fingerprint density at radius 3 is 2.69 bits per heavy atom. The van der Waals surface area contributed by atoms with E-state index in [0.29, 0.717) is 18.7 Å². The van der Waals surface area contributed by atoms with Crippen molar-refractivity contribution in [3.05, 3.63) is 59.0 Å². The van der Waals surface area contributed by atoms with Crippen LogP contribution in [0, 0.1) is 13.8 Å². The molecule has 0 saturated carbocycles. The fourth-order valence-corrected chi connectivity index (χ4v) is 5.63. The van der Waals surface area contributed by atoms with Crippen molar-refractivity contribution in [2.24, 2.45) is 0 Å². The minimum absolute atomic E-state index is 0.129. The van der Waals surface area contributed by atoms with Crippen molar-refractivity contribution >= 4 is 26.6 Å². The number of hydrogen-bond donors (Lipinski definition) is 0. The number of para-hydroxylation sites is 1. The third kappa shape index (κ3) is 3.76. The number of pyridine rings is 1. The fourth-order valence-electron chi connectivity index (χ4n) is 3.94. The van der Waals surface area contributed by atoms with Crippen molar-refractivity contribution in [2.45, 2.75) is 32.9 Å². The highest BCUT2D eigenvalue weighted by Crippen LogP contribution is 2.27. The van der Waals surface area contributed by atoms with E-state index < -0.39 is 9.84 Å². The second kappa shape index (κ2) is 7.26. The molecule has 2 aromatic heterocycles. The van der Waals surface area contributed by atoms with Crippen LogP contribution in [0.4, 0.5) is 0 Å². The number of amides is 1. The third-order valence-electron chi connectivity index (χ3n) is 5.59. The number of aryl methyl sites for hydroxylation is 1. The molecule has 1 saturated heterocycles. The largest absolute Gasteiger partial charge is 0.336 e. The van der Waals surface area contributed by atoms with Crippen molar-refractivity contribution < 1.29 is 13.2 Å². The van der Waals surface area contributed by atoms with Crippen LogP contribution in [0.2, 0.25) is 0 Å². The molecule has 1 aliphatic rings. The summed E-state index contributed by atoms with van der Waals surface area (Å²) >= 11 is 0. The minimum Gasteiger partial charge on any atom is -0.336 e. The number of aromatic nitrogens is 3. The van der Waals surface area contributed by atoms with Crippen LogP contribution >= 0.6 is 0 Å². The third-order valence-corrected chi connectivity index (χ3v) is 7.34. The van der Waals surface area contributed by atoms with E-state index in [1.54, 1.807) is 18.0 Å². The van der Waals surface area contributed by atoms with Crippen LogP contribution in [-0.4, -0.2) is 52.5 Å². The van der Waals surface area contributed by atoms with Gasteiger partial charge in [-0.15, -0.1) is 0 Å². The highest BCUT2D eigenvalue weighted by atomic mass is 32.2. The number of sulfone groups is 1. The van der Waals surface area contributed by atoms with Gasteiger partial charge in [0.05, 0.1) is 28.8 Å². The van der Waals surface area contributed by atoms with Crippen molar-refractivity contribution in [1.82, 2.24) is 19.7 Å². The first-order chi connectivity index (χ1) is 13.7. The number of rotatable bonds is 4. The maximum Gasteiger partial charge on any atom is 0.272 e. The number of hydrogen-bond acceptors (Lipinski definition) is 5. The van der Waals surface area contributed by atoms with Crippen molar-refractivity contribution in [2.75, 3.05) is 18.6 Å². The van der Waals surface area contributed by atoms with Crippen LogP contribution in [-0.2, 0) is 16.4 Å². The van der Waals surface area contributed by atoms with E-state index in [2.05, 4.69) is 10.1 Å². The van der Waals surface area contributed by atoms with Crippen LogP contribution in [0.15, 0.2) is 36.4 Å². The van der Waals surface area contributed by atoms with E-state index in [4.69, 9.17) is 0 Å². The van der Waals surface area contributed by atoms with Crippen LogP contribution in [0.25, 0.3) is 10.9 Å². The molecule has 29 heavy (non-hydrogen) atoms. The first-order valence-electron chi connectivity index (χ1n) is 9.61. The molecule has 3 aromatic rings. The van der Waals surface area contributed by atoms with E-state index in [1.807, 2.05) is 48.9 Å². The van der Waals surface area contributed by atoms with E-state index in [0.717, 1.165) is 27.9 Å². The van der Waals surface area contributed by atoms with Crippen LogP contribution in [0.5, 0.6) is 0 Å². The Labute approximate surface area is 170 Å². The molecule has 0 spiro atoms. The van der Waals surface area contributed by atoms with Gasteiger partial charge in [0, 0.05) is 30.2 Å². The van der Waals surface area contributed by atoms with Crippen LogP contribution in [0.1, 0.15) is 39.9 Å². The standard InChI is InChI=1S/C21H24N4O3S/c1-14-18(15(2)25(23-14)17-10-11-29(27,28)13-17)12-24(3)21(26)20-9-8-16-6-4-5-7-19(16)22-20/h4-9,17H,10-13H2,1-3H3/t17-/m1/s1. The van der Waals surface area contributed by atoms with Crippen molar-refractivity contribution in [1.29, 1.82) is 0 Å². The highest BCUT2D eigenvalue weighted by Gasteiger charge is 2.31. The molecule has 0 aliphatic carbocycles. The lowest BCUT2D eigenvalue weighted by atomic mass is 10.1. The Morgan fingerprint density at radius 1 is 1.21 bits per heavy atom. The molecule has 1 aliphatic heterocycles. The zero-order chi connectivity index (χ0) is 20.8. The van der Waals surface area contributed by atoms with Gasteiger partial charge in [-0.25, -0.2) is 13.4 Å². The summed E-state index contributed by atoms with van der Waals surface area (Å²) in [7, 11) is -1.24. The van der Waals surface area contributed by atoms with Crippen molar-refractivity contribution in [3.63, 3.8) is 0 Å². The molecular formula is C21H24N4O3S. The number of benzene rings is 1. The van der Waals surface area contributed by atoms with Gasteiger partial charge in [0.15, 0.2) is 9.84 Å². The predicted molar refractivity (Wildman–Crippen MR) is 112 cm³/mol. The Bertz CT molecular complexity index is 1200. The van der Waals surface area contributed by atoms with Gasteiger partial charge in [-0.3, -0.25) is 9.48 Å². The van der Waals surface area contributed by atoms with Gasteiger partial charge in [-0.1, -0.05) is 24.3 Å². The van der Waals surface area contributed by atoms with Gasteiger partial charge in [0.2, 0.25) is 0 Å². The van der Waals surface area contributed by atoms with Crippen LogP contribution in [0.3, 0.4) is 0 Å². The molecule has 8 heteroatoms. The SMILES string of the molecule is Cc1nn([C@@H]2CCS(=O)(=O)C2)c(C)c1CN(C)C(=O)c1ccc2ccccc2n1. The summed E-state index contributed by atoms with van der Waals surface area (Å²) in [5.41, 5.74) is 3.87. The number of fused-ring (bicyclic) bond motifs is 1. The average Bonchev–Trinajstić information content (AvgIpc) is 3.20. The van der Waals surface area contributed by atoms with E-state index >= 15 is 0 Å². The Balaban J connectivity index is 1.56. The first kappa shape index (κ1) is 19.6. The molecule has 1 aromatic carbocycles. The van der Waals surface area contributed by atoms with Crippen LogP contribution < -0.4 is 0 Å². The molecule has 1 fully saturated rings. The second-order valence-corrected chi connectivity index (χ2v) is 9.93. The lowest BCUT2D eigenvalue weighted by Gasteiger charge is -2.18. The Kier molecular flexibility index (Phi) is 4.90. The van der Waals surface area contributed by atoms with Gasteiger partial charge in [-0.2, -0.15) is 5.10 Å².